The molecule has 3 aromatic carbocycles. The number of hydrogen-bond donors (Lipinski definition) is 2. The number of aliphatic hydroxyl groups is 2. The molecule has 4 rings (SSSR count). The molecule has 1 aliphatic rings. The first-order valence-corrected chi connectivity index (χ1v) is 11.7. The maximum atomic E-state index is 10.8. The molecule has 0 saturated carbocycles. The van der Waals surface area contributed by atoms with Gasteiger partial charge in [-0.15, -0.1) is 0 Å². The number of methoxy groups -OCH3 is 1. The van der Waals surface area contributed by atoms with E-state index >= 15 is 0 Å². The molecule has 7 nitrogen and oxygen atoms in total. The molecule has 0 spiro atoms. The van der Waals surface area contributed by atoms with Gasteiger partial charge in [-0.2, -0.15) is 0 Å². The van der Waals surface area contributed by atoms with Crippen LogP contribution in [0.2, 0.25) is 0 Å². The number of ether oxygens (including phenoxy) is 5. The lowest BCUT2D eigenvalue weighted by Crippen LogP contribution is -2.61. The normalized spacial score (nSPS) is 24.3. The van der Waals surface area contributed by atoms with Crippen LogP contribution in [0.15, 0.2) is 84.9 Å². The first kappa shape index (κ1) is 25.3. The van der Waals surface area contributed by atoms with E-state index in [2.05, 4.69) is 0 Å². The van der Waals surface area contributed by atoms with Crippen LogP contribution in [-0.2, 0) is 38.8 Å². The standard InChI is InChI=1S/C28H32O7/c1-31-23-14-12-22(13-15-23)19-32-25-24(16-29)35-28(30)27(34-18-21-10-6-3-7-11-21)26(25)33-17-20-8-4-2-5-9-20/h2-15,24-30H,16-19H2,1H3/t24-,25+,26+,27-,28-/m1/s1. The van der Waals surface area contributed by atoms with Crippen molar-refractivity contribution in [2.24, 2.45) is 0 Å². The van der Waals surface area contributed by atoms with Gasteiger partial charge in [-0.25, -0.2) is 0 Å². The van der Waals surface area contributed by atoms with Crippen LogP contribution >= 0.6 is 0 Å². The van der Waals surface area contributed by atoms with Gasteiger partial charge in [-0.1, -0.05) is 72.8 Å². The Bertz CT molecular complexity index is 997. The molecule has 1 heterocycles. The molecule has 5 atom stereocenters. The van der Waals surface area contributed by atoms with Crippen molar-refractivity contribution in [3.05, 3.63) is 102 Å². The number of aliphatic hydroxyl groups excluding tert-OH is 2. The first-order valence-electron chi connectivity index (χ1n) is 11.7. The van der Waals surface area contributed by atoms with E-state index in [9.17, 15) is 10.2 Å². The molecular formula is C28H32O7. The highest BCUT2D eigenvalue weighted by atomic mass is 16.7. The highest BCUT2D eigenvalue weighted by Gasteiger charge is 2.47. The van der Waals surface area contributed by atoms with E-state index in [-0.39, 0.29) is 19.8 Å². The topological polar surface area (TPSA) is 86.6 Å². The van der Waals surface area contributed by atoms with Crippen LogP contribution in [0.25, 0.3) is 0 Å². The Balaban J connectivity index is 1.52. The third-order valence-electron chi connectivity index (χ3n) is 5.96. The fraction of sp³-hybridized carbons (Fsp3) is 0.357. The van der Waals surface area contributed by atoms with Gasteiger partial charge in [0.15, 0.2) is 6.29 Å². The third-order valence-corrected chi connectivity index (χ3v) is 5.96. The lowest BCUT2D eigenvalue weighted by molar-refractivity contribution is -0.315. The van der Waals surface area contributed by atoms with Crippen molar-refractivity contribution in [2.75, 3.05) is 13.7 Å². The van der Waals surface area contributed by atoms with Crippen molar-refractivity contribution in [1.29, 1.82) is 0 Å². The summed E-state index contributed by atoms with van der Waals surface area (Å²) >= 11 is 0. The zero-order valence-corrected chi connectivity index (χ0v) is 19.7. The largest absolute Gasteiger partial charge is 0.497 e. The van der Waals surface area contributed by atoms with Crippen molar-refractivity contribution >= 4 is 0 Å². The van der Waals surface area contributed by atoms with E-state index in [0.29, 0.717) is 6.61 Å². The van der Waals surface area contributed by atoms with Gasteiger partial charge in [-0.3, -0.25) is 0 Å². The summed E-state index contributed by atoms with van der Waals surface area (Å²) in [6.45, 7) is 0.498. The van der Waals surface area contributed by atoms with E-state index in [0.717, 1.165) is 22.4 Å². The summed E-state index contributed by atoms with van der Waals surface area (Å²) in [6.07, 6.45) is -4.23. The van der Waals surface area contributed by atoms with Crippen molar-refractivity contribution in [3.8, 4) is 5.75 Å². The Kier molecular flexibility index (Phi) is 9.25. The molecule has 1 saturated heterocycles. The van der Waals surface area contributed by atoms with Crippen molar-refractivity contribution < 1.29 is 33.9 Å². The van der Waals surface area contributed by atoms with Crippen LogP contribution in [-0.4, -0.2) is 54.6 Å². The molecule has 0 radical (unpaired) electrons. The Morgan fingerprint density at radius 2 is 1.14 bits per heavy atom. The van der Waals surface area contributed by atoms with E-state index in [1.165, 1.54) is 0 Å². The van der Waals surface area contributed by atoms with Crippen LogP contribution < -0.4 is 4.74 Å². The highest BCUT2D eigenvalue weighted by molar-refractivity contribution is 5.26. The summed E-state index contributed by atoms with van der Waals surface area (Å²) in [5.74, 6) is 0.754. The van der Waals surface area contributed by atoms with E-state index in [4.69, 9.17) is 23.7 Å². The van der Waals surface area contributed by atoms with Crippen LogP contribution in [0.3, 0.4) is 0 Å². The zero-order valence-electron chi connectivity index (χ0n) is 19.7. The van der Waals surface area contributed by atoms with Gasteiger partial charge in [0.2, 0.25) is 0 Å². The Morgan fingerprint density at radius 1 is 0.657 bits per heavy atom. The number of benzene rings is 3. The molecule has 0 aliphatic carbocycles. The highest BCUT2D eigenvalue weighted by Crippen LogP contribution is 2.29. The summed E-state index contributed by atoms with van der Waals surface area (Å²) in [6, 6.07) is 27.0. The summed E-state index contributed by atoms with van der Waals surface area (Å²) in [5, 5.41) is 20.8. The van der Waals surface area contributed by atoms with Gasteiger partial charge in [0.25, 0.3) is 0 Å². The van der Waals surface area contributed by atoms with Crippen molar-refractivity contribution in [3.63, 3.8) is 0 Å². The van der Waals surface area contributed by atoms with Gasteiger partial charge >= 0.3 is 0 Å². The second kappa shape index (κ2) is 12.8. The van der Waals surface area contributed by atoms with Gasteiger partial charge in [0.05, 0.1) is 33.5 Å². The predicted molar refractivity (Wildman–Crippen MR) is 130 cm³/mol. The second-order valence-electron chi connectivity index (χ2n) is 8.39. The van der Waals surface area contributed by atoms with Crippen LogP contribution in [0.1, 0.15) is 16.7 Å². The van der Waals surface area contributed by atoms with E-state index in [1.807, 2.05) is 84.9 Å². The lowest BCUT2D eigenvalue weighted by Gasteiger charge is -2.44. The smallest absolute Gasteiger partial charge is 0.184 e. The second-order valence-corrected chi connectivity index (χ2v) is 8.39. The van der Waals surface area contributed by atoms with Gasteiger partial charge in [0, 0.05) is 0 Å². The zero-order chi connectivity index (χ0) is 24.5. The molecule has 0 amide bonds. The third kappa shape index (κ3) is 6.89. The first-order chi connectivity index (χ1) is 17.2. The van der Waals surface area contributed by atoms with Crippen LogP contribution in [0.4, 0.5) is 0 Å². The number of hydrogen-bond acceptors (Lipinski definition) is 7. The molecule has 0 aromatic heterocycles. The predicted octanol–water partition coefficient (Wildman–Crippen LogP) is 3.46. The maximum Gasteiger partial charge on any atom is 0.184 e. The molecule has 3 aromatic rings. The van der Waals surface area contributed by atoms with Crippen molar-refractivity contribution in [2.45, 2.75) is 50.5 Å². The summed E-state index contributed by atoms with van der Waals surface area (Å²) in [5.41, 5.74) is 2.86. The molecular weight excluding hydrogens is 448 g/mol. The minimum absolute atomic E-state index is 0.265. The summed E-state index contributed by atoms with van der Waals surface area (Å²) in [4.78, 5) is 0. The fourth-order valence-corrected chi connectivity index (χ4v) is 4.06. The Morgan fingerprint density at radius 3 is 1.66 bits per heavy atom. The van der Waals surface area contributed by atoms with Gasteiger partial charge < -0.3 is 33.9 Å². The average molecular weight is 481 g/mol. The minimum Gasteiger partial charge on any atom is -0.497 e. The molecule has 0 bridgehead atoms. The average Bonchev–Trinajstić information content (AvgIpc) is 2.91. The molecule has 0 unspecified atom stereocenters. The summed E-state index contributed by atoms with van der Waals surface area (Å²) < 4.78 is 29.6. The van der Waals surface area contributed by atoms with Crippen LogP contribution in [0, 0.1) is 0 Å². The Labute approximate surface area is 205 Å². The van der Waals surface area contributed by atoms with Gasteiger partial charge in [-0.05, 0) is 28.8 Å². The molecule has 2 N–H and O–H groups in total. The molecule has 35 heavy (non-hydrogen) atoms. The van der Waals surface area contributed by atoms with E-state index < -0.39 is 30.7 Å². The molecule has 1 fully saturated rings. The minimum atomic E-state index is -1.28. The molecule has 1 aliphatic heterocycles. The SMILES string of the molecule is COc1ccc(CO[C@@H]2[C@H](OCc3ccccc3)[C@@H](OCc3ccccc3)[C@H](O)O[C@@H]2CO)cc1. The van der Waals surface area contributed by atoms with Crippen molar-refractivity contribution in [1.82, 2.24) is 0 Å². The number of rotatable bonds is 11. The quantitative estimate of drug-likeness (QED) is 0.435. The molecule has 7 heteroatoms. The van der Waals surface area contributed by atoms with Crippen LogP contribution in [0.5, 0.6) is 5.75 Å². The lowest BCUT2D eigenvalue weighted by atomic mass is 9.98. The van der Waals surface area contributed by atoms with Gasteiger partial charge in [0.1, 0.15) is 30.2 Å². The molecule has 186 valence electrons. The van der Waals surface area contributed by atoms with E-state index in [1.54, 1.807) is 7.11 Å². The monoisotopic (exact) mass is 480 g/mol. The fourth-order valence-electron chi connectivity index (χ4n) is 4.06. The Hall–Kier alpha value is -2.78. The maximum absolute atomic E-state index is 10.8. The summed E-state index contributed by atoms with van der Waals surface area (Å²) in [7, 11) is 1.62.